The maximum Gasteiger partial charge on any atom is 0.117 e. The third-order valence-corrected chi connectivity index (χ3v) is 5.53. The molecular formula is C21H28ClNO2. The highest BCUT2D eigenvalue weighted by molar-refractivity contribution is 6.31. The van der Waals surface area contributed by atoms with Gasteiger partial charge in [0.15, 0.2) is 0 Å². The smallest absolute Gasteiger partial charge is 0.117 e. The van der Waals surface area contributed by atoms with Crippen LogP contribution in [0.5, 0.6) is 0 Å². The van der Waals surface area contributed by atoms with Crippen LogP contribution in [0, 0.1) is 5.41 Å². The monoisotopic (exact) mass is 361 g/mol. The molecule has 1 N–H and O–H groups in total. The van der Waals surface area contributed by atoms with E-state index in [1.54, 1.807) is 6.26 Å². The van der Waals surface area contributed by atoms with E-state index in [4.69, 9.17) is 20.8 Å². The predicted molar refractivity (Wildman–Crippen MR) is 102 cm³/mol. The number of hydrogen-bond donors (Lipinski definition) is 1. The summed E-state index contributed by atoms with van der Waals surface area (Å²) < 4.78 is 11.4. The molecule has 0 saturated carbocycles. The van der Waals surface area contributed by atoms with E-state index in [1.807, 2.05) is 24.3 Å². The summed E-state index contributed by atoms with van der Waals surface area (Å²) in [6.07, 6.45) is 5.95. The third-order valence-electron chi connectivity index (χ3n) is 5.16. The molecule has 3 rings (SSSR count). The molecule has 0 radical (unpaired) electrons. The van der Waals surface area contributed by atoms with Crippen LogP contribution < -0.4 is 5.32 Å². The lowest BCUT2D eigenvalue weighted by Crippen LogP contribution is -2.43. The van der Waals surface area contributed by atoms with Crippen molar-refractivity contribution in [3.63, 3.8) is 0 Å². The first-order valence-electron chi connectivity index (χ1n) is 9.09. The quantitative estimate of drug-likeness (QED) is 0.685. The zero-order valence-electron chi connectivity index (χ0n) is 15.2. The van der Waals surface area contributed by atoms with Gasteiger partial charge in [-0.05, 0) is 75.3 Å². The van der Waals surface area contributed by atoms with Crippen molar-refractivity contribution < 1.29 is 9.15 Å². The molecular weight excluding hydrogens is 334 g/mol. The molecule has 1 unspecified atom stereocenters. The van der Waals surface area contributed by atoms with Gasteiger partial charge in [-0.1, -0.05) is 29.8 Å². The van der Waals surface area contributed by atoms with Crippen LogP contribution in [0.1, 0.15) is 44.4 Å². The Labute approximate surface area is 155 Å². The molecule has 0 aliphatic carbocycles. The summed E-state index contributed by atoms with van der Waals surface area (Å²) in [6.45, 7) is 6.94. The van der Waals surface area contributed by atoms with E-state index in [1.165, 1.54) is 5.56 Å². The minimum Gasteiger partial charge on any atom is -0.468 e. The maximum atomic E-state index is 6.45. The van der Waals surface area contributed by atoms with E-state index < -0.39 is 0 Å². The van der Waals surface area contributed by atoms with Gasteiger partial charge in [0.1, 0.15) is 5.76 Å². The van der Waals surface area contributed by atoms with Gasteiger partial charge in [0.2, 0.25) is 0 Å². The van der Waals surface area contributed by atoms with Crippen LogP contribution >= 0.6 is 11.6 Å². The Morgan fingerprint density at radius 2 is 2.00 bits per heavy atom. The Morgan fingerprint density at radius 3 is 2.72 bits per heavy atom. The summed E-state index contributed by atoms with van der Waals surface area (Å²) in [5.41, 5.74) is 1.37. The average molecular weight is 362 g/mol. The molecule has 2 heterocycles. The van der Waals surface area contributed by atoms with Crippen molar-refractivity contribution in [3.8, 4) is 0 Å². The molecule has 1 aromatic carbocycles. The van der Waals surface area contributed by atoms with Crippen molar-refractivity contribution in [3.05, 3.63) is 59.0 Å². The molecule has 0 amide bonds. The van der Waals surface area contributed by atoms with Crippen molar-refractivity contribution in [1.82, 2.24) is 5.32 Å². The molecule has 1 atom stereocenters. The fourth-order valence-corrected chi connectivity index (χ4v) is 4.27. The first-order chi connectivity index (χ1) is 12.0. The Morgan fingerprint density at radius 1 is 1.16 bits per heavy atom. The van der Waals surface area contributed by atoms with Crippen molar-refractivity contribution in [2.24, 2.45) is 5.41 Å². The van der Waals surface area contributed by atoms with Crippen LogP contribution in [-0.2, 0) is 17.7 Å². The maximum absolute atomic E-state index is 6.45. The van der Waals surface area contributed by atoms with Crippen LogP contribution in [0.4, 0.5) is 0 Å². The lowest BCUT2D eigenvalue weighted by Gasteiger charge is -2.45. The van der Waals surface area contributed by atoms with Gasteiger partial charge >= 0.3 is 0 Å². The molecule has 3 nitrogen and oxygen atoms in total. The van der Waals surface area contributed by atoms with Gasteiger partial charge in [-0.25, -0.2) is 0 Å². The lowest BCUT2D eigenvalue weighted by molar-refractivity contribution is -0.107. The molecule has 1 fully saturated rings. The summed E-state index contributed by atoms with van der Waals surface area (Å²) in [7, 11) is 0. The molecule has 136 valence electrons. The first kappa shape index (κ1) is 18.5. The van der Waals surface area contributed by atoms with E-state index in [9.17, 15) is 0 Å². The van der Waals surface area contributed by atoms with Crippen LogP contribution in [0.25, 0.3) is 0 Å². The van der Waals surface area contributed by atoms with Gasteiger partial charge in [-0.15, -0.1) is 0 Å². The zero-order chi connectivity index (χ0) is 17.8. The second-order valence-electron chi connectivity index (χ2n) is 7.81. The molecule has 0 bridgehead atoms. The van der Waals surface area contributed by atoms with E-state index in [2.05, 4.69) is 31.3 Å². The van der Waals surface area contributed by atoms with Crippen molar-refractivity contribution in [2.75, 3.05) is 13.2 Å². The highest BCUT2D eigenvalue weighted by Gasteiger charge is 2.40. The number of nitrogens with one attached hydrogen (secondary N) is 1. The number of ether oxygens (including phenoxy) is 1. The van der Waals surface area contributed by atoms with Crippen LogP contribution in [-0.4, -0.2) is 18.8 Å². The molecule has 1 aliphatic rings. The van der Waals surface area contributed by atoms with Gasteiger partial charge in [0.05, 0.1) is 18.4 Å². The number of hydrogen-bond acceptors (Lipinski definition) is 3. The molecule has 1 saturated heterocycles. The van der Waals surface area contributed by atoms with Crippen LogP contribution in [0.15, 0.2) is 47.1 Å². The average Bonchev–Trinajstić information content (AvgIpc) is 3.06. The normalized spacial score (nSPS) is 22.8. The number of furan rings is 1. The van der Waals surface area contributed by atoms with Crippen molar-refractivity contribution >= 4 is 11.6 Å². The van der Waals surface area contributed by atoms with E-state index >= 15 is 0 Å². The zero-order valence-corrected chi connectivity index (χ0v) is 15.9. The Balaban J connectivity index is 1.67. The summed E-state index contributed by atoms with van der Waals surface area (Å²) in [4.78, 5) is 0. The fourth-order valence-electron chi connectivity index (χ4n) is 4.06. The summed E-state index contributed by atoms with van der Waals surface area (Å²) >= 11 is 6.45. The van der Waals surface area contributed by atoms with Crippen molar-refractivity contribution in [1.29, 1.82) is 0 Å². The Bertz CT molecular complexity index is 668. The molecule has 1 aliphatic heterocycles. The van der Waals surface area contributed by atoms with Gasteiger partial charge < -0.3 is 14.5 Å². The summed E-state index contributed by atoms with van der Waals surface area (Å²) in [6, 6.07) is 12.2. The highest BCUT2D eigenvalue weighted by Crippen LogP contribution is 2.44. The van der Waals surface area contributed by atoms with Gasteiger partial charge in [-0.3, -0.25) is 0 Å². The number of halogens is 1. The SMILES string of the molecule is CC1(C)CC(CCNCc2ccco2)(Cc2ccccc2Cl)CCO1. The van der Waals surface area contributed by atoms with Gasteiger partial charge in [0, 0.05) is 11.6 Å². The second-order valence-corrected chi connectivity index (χ2v) is 8.22. The van der Waals surface area contributed by atoms with E-state index in [0.29, 0.717) is 0 Å². The molecule has 0 spiro atoms. The third kappa shape index (κ3) is 5.10. The number of benzene rings is 1. The van der Waals surface area contributed by atoms with Gasteiger partial charge in [0.25, 0.3) is 0 Å². The minimum absolute atomic E-state index is 0.0828. The predicted octanol–water partition coefficient (Wildman–Crippen LogP) is 5.23. The van der Waals surface area contributed by atoms with Crippen molar-refractivity contribution in [2.45, 2.75) is 51.7 Å². The van der Waals surface area contributed by atoms with Crippen LogP contribution in [0.3, 0.4) is 0 Å². The number of rotatable bonds is 7. The van der Waals surface area contributed by atoms with Crippen LogP contribution in [0.2, 0.25) is 5.02 Å². The Hall–Kier alpha value is -1.29. The standard InChI is InChI=1S/C21H28ClNO2/c1-20(2)16-21(10-13-25-20,14-17-6-3-4-8-19(17)22)9-11-23-15-18-7-5-12-24-18/h3-8,12,23H,9-11,13-16H2,1-2H3. The Kier molecular flexibility index (Phi) is 5.88. The second kappa shape index (κ2) is 7.94. The summed E-state index contributed by atoms with van der Waals surface area (Å²) in [5, 5.41) is 4.39. The fraction of sp³-hybridized carbons (Fsp3) is 0.524. The molecule has 2 aromatic rings. The largest absolute Gasteiger partial charge is 0.468 e. The highest BCUT2D eigenvalue weighted by atomic mass is 35.5. The van der Waals surface area contributed by atoms with E-state index in [0.717, 1.165) is 56.2 Å². The minimum atomic E-state index is -0.0828. The first-order valence-corrected chi connectivity index (χ1v) is 9.46. The lowest BCUT2D eigenvalue weighted by atomic mass is 9.68. The summed E-state index contributed by atoms with van der Waals surface area (Å²) in [5.74, 6) is 0.979. The van der Waals surface area contributed by atoms with E-state index in [-0.39, 0.29) is 11.0 Å². The van der Waals surface area contributed by atoms with Gasteiger partial charge in [-0.2, -0.15) is 0 Å². The topological polar surface area (TPSA) is 34.4 Å². The molecule has 4 heteroatoms. The molecule has 1 aromatic heterocycles. The molecule has 25 heavy (non-hydrogen) atoms.